The Bertz CT molecular complexity index is 403. The molecule has 0 radical (unpaired) electrons. The molecule has 0 heterocycles. The summed E-state index contributed by atoms with van der Waals surface area (Å²) < 4.78 is 13.1. The summed E-state index contributed by atoms with van der Waals surface area (Å²) in [4.78, 5) is 0. The Hall–Kier alpha value is -0.600. The van der Waals surface area contributed by atoms with Crippen molar-refractivity contribution in [1.82, 2.24) is 5.32 Å². The fourth-order valence-corrected chi connectivity index (χ4v) is 2.73. The molecule has 0 spiro atoms. The molecule has 2 rings (SSSR count). The maximum Gasteiger partial charge on any atom is 0.123 e. The molecule has 3 heteroatoms. The summed E-state index contributed by atoms with van der Waals surface area (Å²) in [7, 11) is 0. The Balaban J connectivity index is 1.92. The van der Waals surface area contributed by atoms with Crippen molar-refractivity contribution >= 4 is 11.6 Å². The lowest BCUT2D eigenvalue weighted by Crippen LogP contribution is -2.27. The quantitative estimate of drug-likeness (QED) is 0.856. The number of halogens is 2. The van der Waals surface area contributed by atoms with Crippen molar-refractivity contribution in [3.63, 3.8) is 0 Å². The second-order valence-electron chi connectivity index (χ2n) is 5.72. The molecule has 0 aliphatic heterocycles. The Labute approximate surface area is 107 Å². The molecular formula is C14H19ClFN. The van der Waals surface area contributed by atoms with Crippen LogP contribution in [0.25, 0.3) is 0 Å². The van der Waals surface area contributed by atoms with E-state index in [0.29, 0.717) is 23.0 Å². The zero-order chi connectivity index (χ0) is 12.5. The van der Waals surface area contributed by atoms with Gasteiger partial charge in [-0.3, -0.25) is 0 Å². The van der Waals surface area contributed by atoms with Crippen molar-refractivity contribution in [2.24, 2.45) is 5.41 Å². The second-order valence-corrected chi connectivity index (χ2v) is 6.13. The normalized spacial score (nSPS) is 22.9. The second kappa shape index (κ2) is 4.95. The van der Waals surface area contributed by atoms with Crippen LogP contribution in [-0.4, -0.2) is 6.04 Å². The van der Waals surface area contributed by atoms with Gasteiger partial charge in [-0.1, -0.05) is 25.4 Å². The summed E-state index contributed by atoms with van der Waals surface area (Å²) in [6.07, 6.45) is 3.63. The molecule has 1 unspecified atom stereocenters. The van der Waals surface area contributed by atoms with E-state index in [1.54, 1.807) is 6.07 Å². The Morgan fingerprint density at radius 1 is 1.47 bits per heavy atom. The van der Waals surface area contributed by atoms with E-state index in [1.165, 1.54) is 31.4 Å². The van der Waals surface area contributed by atoms with Crippen molar-refractivity contribution in [3.05, 3.63) is 34.6 Å². The third-order valence-electron chi connectivity index (χ3n) is 3.56. The van der Waals surface area contributed by atoms with Gasteiger partial charge < -0.3 is 5.32 Å². The van der Waals surface area contributed by atoms with Gasteiger partial charge in [-0.2, -0.15) is 0 Å². The van der Waals surface area contributed by atoms with E-state index in [2.05, 4.69) is 19.2 Å². The number of hydrogen-bond acceptors (Lipinski definition) is 1. The molecule has 1 aliphatic rings. The summed E-state index contributed by atoms with van der Waals surface area (Å²) >= 11 is 6.03. The van der Waals surface area contributed by atoms with Crippen LogP contribution < -0.4 is 5.32 Å². The summed E-state index contributed by atoms with van der Waals surface area (Å²) in [5.41, 5.74) is 1.28. The van der Waals surface area contributed by atoms with Crippen LogP contribution in [0.4, 0.5) is 4.39 Å². The van der Waals surface area contributed by atoms with Crippen LogP contribution >= 0.6 is 11.6 Å². The van der Waals surface area contributed by atoms with E-state index >= 15 is 0 Å². The molecular weight excluding hydrogens is 237 g/mol. The molecule has 1 aromatic carbocycles. The van der Waals surface area contributed by atoms with Crippen LogP contribution in [-0.2, 0) is 6.54 Å². The maximum atomic E-state index is 13.1. The average Bonchev–Trinajstić information content (AvgIpc) is 2.60. The van der Waals surface area contributed by atoms with Gasteiger partial charge in [-0.25, -0.2) is 4.39 Å². The van der Waals surface area contributed by atoms with Gasteiger partial charge in [0.15, 0.2) is 0 Å². The van der Waals surface area contributed by atoms with Gasteiger partial charge in [-0.15, -0.1) is 0 Å². The van der Waals surface area contributed by atoms with E-state index in [-0.39, 0.29) is 5.82 Å². The molecule has 17 heavy (non-hydrogen) atoms. The molecule has 94 valence electrons. The molecule has 1 fully saturated rings. The minimum atomic E-state index is -0.224. The minimum absolute atomic E-state index is 0.224. The molecule has 1 nitrogen and oxygen atoms in total. The monoisotopic (exact) mass is 255 g/mol. The zero-order valence-corrected chi connectivity index (χ0v) is 11.1. The van der Waals surface area contributed by atoms with E-state index in [9.17, 15) is 4.39 Å². The van der Waals surface area contributed by atoms with E-state index in [0.717, 1.165) is 5.56 Å². The van der Waals surface area contributed by atoms with Gasteiger partial charge >= 0.3 is 0 Å². The number of rotatable bonds is 3. The SMILES string of the molecule is CC1(C)CCC(NCc2cc(F)ccc2Cl)C1. The van der Waals surface area contributed by atoms with E-state index in [1.807, 2.05) is 0 Å². The standard InChI is InChI=1S/C14H19ClFN/c1-14(2)6-5-12(8-14)17-9-10-7-11(16)3-4-13(10)15/h3-4,7,12,17H,5-6,8-9H2,1-2H3. The highest BCUT2D eigenvalue weighted by molar-refractivity contribution is 6.31. The molecule has 1 atom stereocenters. The van der Waals surface area contributed by atoms with Gasteiger partial charge in [0.2, 0.25) is 0 Å². The third kappa shape index (κ3) is 3.43. The molecule has 0 saturated heterocycles. The Kier molecular flexibility index (Phi) is 3.74. The summed E-state index contributed by atoms with van der Waals surface area (Å²) in [6.45, 7) is 5.24. The molecule has 1 saturated carbocycles. The maximum absolute atomic E-state index is 13.1. The topological polar surface area (TPSA) is 12.0 Å². The summed E-state index contributed by atoms with van der Waals surface area (Å²) in [5, 5.41) is 4.11. The first-order valence-electron chi connectivity index (χ1n) is 6.14. The average molecular weight is 256 g/mol. The van der Waals surface area contributed by atoms with Crippen molar-refractivity contribution in [2.75, 3.05) is 0 Å². The molecule has 0 aromatic heterocycles. The van der Waals surface area contributed by atoms with Gasteiger partial charge in [0.1, 0.15) is 5.82 Å². The highest BCUT2D eigenvalue weighted by Gasteiger charge is 2.30. The molecule has 0 amide bonds. The van der Waals surface area contributed by atoms with E-state index < -0.39 is 0 Å². The third-order valence-corrected chi connectivity index (χ3v) is 3.93. The van der Waals surface area contributed by atoms with Crippen LogP contribution in [0.1, 0.15) is 38.7 Å². The summed E-state index contributed by atoms with van der Waals surface area (Å²) in [6, 6.07) is 5.05. The Morgan fingerprint density at radius 3 is 2.88 bits per heavy atom. The van der Waals surface area contributed by atoms with Crippen LogP contribution in [0.2, 0.25) is 5.02 Å². The fraction of sp³-hybridized carbons (Fsp3) is 0.571. The largest absolute Gasteiger partial charge is 0.310 e. The summed E-state index contributed by atoms with van der Waals surface area (Å²) in [5.74, 6) is -0.224. The van der Waals surface area contributed by atoms with Crippen LogP contribution in [0, 0.1) is 11.2 Å². The Morgan fingerprint density at radius 2 is 2.24 bits per heavy atom. The first-order valence-corrected chi connectivity index (χ1v) is 6.51. The fourth-order valence-electron chi connectivity index (χ4n) is 2.54. The van der Waals surface area contributed by atoms with Gasteiger partial charge in [-0.05, 0) is 48.4 Å². The first-order chi connectivity index (χ1) is 7.96. The van der Waals surface area contributed by atoms with Crippen molar-refractivity contribution < 1.29 is 4.39 Å². The number of benzene rings is 1. The lowest BCUT2D eigenvalue weighted by atomic mass is 9.92. The molecule has 1 aromatic rings. The van der Waals surface area contributed by atoms with Gasteiger partial charge in [0, 0.05) is 17.6 Å². The molecule has 1 N–H and O–H groups in total. The van der Waals surface area contributed by atoms with Crippen molar-refractivity contribution in [1.29, 1.82) is 0 Å². The van der Waals surface area contributed by atoms with Crippen LogP contribution in [0.5, 0.6) is 0 Å². The predicted octanol–water partition coefficient (Wildman–Crippen LogP) is 4.15. The zero-order valence-electron chi connectivity index (χ0n) is 10.4. The highest BCUT2D eigenvalue weighted by atomic mass is 35.5. The van der Waals surface area contributed by atoms with E-state index in [4.69, 9.17) is 11.6 Å². The van der Waals surface area contributed by atoms with Crippen LogP contribution in [0.3, 0.4) is 0 Å². The van der Waals surface area contributed by atoms with Crippen LogP contribution in [0.15, 0.2) is 18.2 Å². The predicted molar refractivity (Wildman–Crippen MR) is 69.7 cm³/mol. The minimum Gasteiger partial charge on any atom is -0.310 e. The van der Waals surface area contributed by atoms with Gasteiger partial charge in [0.25, 0.3) is 0 Å². The van der Waals surface area contributed by atoms with Crippen molar-refractivity contribution in [3.8, 4) is 0 Å². The van der Waals surface area contributed by atoms with Crippen molar-refractivity contribution in [2.45, 2.75) is 45.7 Å². The number of nitrogens with one attached hydrogen (secondary N) is 1. The molecule has 0 bridgehead atoms. The highest BCUT2D eigenvalue weighted by Crippen LogP contribution is 2.37. The lowest BCUT2D eigenvalue weighted by Gasteiger charge is -2.18. The lowest BCUT2D eigenvalue weighted by molar-refractivity contribution is 0.364. The molecule has 1 aliphatic carbocycles. The van der Waals surface area contributed by atoms with Gasteiger partial charge in [0.05, 0.1) is 0 Å². The first kappa shape index (κ1) is 12.8. The number of hydrogen-bond donors (Lipinski definition) is 1. The smallest absolute Gasteiger partial charge is 0.123 e.